The van der Waals surface area contributed by atoms with Crippen molar-refractivity contribution in [3.63, 3.8) is 0 Å². The van der Waals surface area contributed by atoms with Gasteiger partial charge in [-0.25, -0.2) is 4.79 Å². The summed E-state index contributed by atoms with van der Waals surface area (Å²) >= 11 is 0. The number of halogens is 3. The number of hydrogen-bond donors (Lipinski definition) is 2. The number of carboxylic acid groups (broad SMARTS) is 1. The minimum atomic E-state index is -5.08. The standard InChI is InChI=1S/C15H20N2O2.C2HF3O2/c1-2-17-9-12-8-13(14(10-17)19-12)15(18)16-11-6-4-3-5-7-11;3-2(4,5)1(6)7/h3-7,12-14H,2,8-10H2,1H3,(H,16,18);(H,6,7)/t12-,13+,14-;/m1./s1. The van der Waals surface area contributed by atoms with Crippen molar-refractivity contribution in [2.45, 2.75) is 31.7 Å². The first kappa shape index (κ1) is 20.2. The van der Waals surface area contributed by atoms with E-state index >= 15 is 0 Å². The fraction of sp³-hybridized carbons (Fsp3) is 0.529. The lowest BCUT2D eigenvalue weighted by Gasteiger charge is -2.31. The van der Waals surface area contributed by atoms with Crippen LogP contribution in [0.1, 0.15) is 13.3 Å². The van der Waals surface area contributed by atoms with Gasteiger partial charge in [-0.15, -0.1) is 0 Å². The number of amides is 1. The molecule has 9 heteroatoms. The molecule has 2 aliphatic heterocycles. The number of nitrogens with one attached hydrogen (secondary N) is 1. The van der Waals surface area contributed by atoms with Crippen molar-refractivity contribution in [1.29, 1.82) is 0 Å². The first-order valence-electron chi connectivity index (χ1n) is 8.24. The maximum Gasteiger partial charge on any atom is 0.490 e. The molecule has 1 aromatic carbocycles. The highest BCUT2D eigenvalue weighted by Crippen LogP contribution is 2.32. The number of carboxylic acids is 1. The molecule has 144 valence electrons. The van der Waals surface area contributed by atoms with E-state index in [1.807, 2.05) is 30.3 Å². The first-order valence-corrected chi connectivity index (χ1v) is 8.24. The smallest absolute Gasteiger partial charge is 0.475 e. The molecule has 2 N–H and O–H groups in total. The zero-order valence-electron chi connectivity index (χ0n) is 14.2. The van der Waals surface area contributed by atoms with Crippen LogP contribution >= 0.6 is 0 Å². The summed E-state index contributed by atoms with van der Waals surface area (Å²) in [5, 5.41) is 10.1. The second kappa shape index (κ2) is 8.50. The summed E-state index contributed by atoms with van der Waals surface area (Å²) < 4.78 is 37.6. The number of anilines is 1. The molecular formula is C17H21F3N2O4. The van der Waals surface area contributed by atoms with Gasteiger partial charge in [0.15, 0.2) is 0 Å². The number of likely N-dealkylation sites (N-methyl/N-ethyl adjacent to an activating group) is 1. The van der Waals surface area contributed by atoms with Crippen molar-refractivity contribution in [1.82, 2.24) is 4.90 Å². The Bertz CT molecular complexity index is 624. The molecule has 6 nitrogen and oxygen atoms in total. The average molecular weight is 374 g/mol. The summed E-state index contributed by atoms with van der Waals surface area (Å²) in [6.45, 7) is 5.02. The number of para-hydroxylation sites is 1. The zero-order valence-corrected chi connectivity index (χ0v) is 14.2. The topological polar surface area (TPSA) is 78.9 Å². The Labute approximate surface area is 148 Å². The number of nitrogens with zero attached hydrogens (tertiary/aromatic N) is 1. The normalized spacial score (nSPS) is 25.2. The summed E-state index contributed by atoms with van der Waals surface area (Å²) in [5.74, 6) is -2.68. The lowest BCUT2D eigenvalue weighted by atomic mass is 9.99. The number of hydrogen-bond acceptors (Lipinski definition) is 4. The number of carbonyl (C=O) groups is 2. The highest BCUT2D eigenvalue weighted by molar-refractivity contribution is 5.93. The van der Waals surface area contributed by atoms with E-state index in [-0.39, 0.29) is 24.0 Å². The Morgan fingerprint density at radius 2 is 1.88 bits per heavy atom. The molecule has 0 aromatic heterocycles. The highest BCUT2D eigenvalue weighted by atomic mass is 19.4. The molecule has 26 heavy (non-hydrogen) atoms. The van der Waals surface area contributed by atoms with E-state index < -0.39 is 12.1 Å². The number of rotatable bonds is 3. The second-order valence-corrected chi connectivity index (χ2v) is 6.15. The molecule has 0 spiro atoms. The van der Waals surface area contributed by atoms with E-state index in [1.165, 1.54) is 0 Å². The molecule has 2 bridgehead atoms. The summed E-state index contributed by atoms with van der Waals surface area (Å²) in [4.78, 5) is 23.6. The van der Waals surface area contributed by atoms with E-state index in [9.17, 15) is 18.0 Å². The number of ether oxygens (including phenoxy) is 1. The summed E-state index contributed by atoms with van der Waals surface area (Å²) in [5.41, 5.74) is 0.862. The molecule has 2 heterocycles. The molecule has 2 saturated heterocycles. The van der Waals surface area contributed by atoms with E-state index in [0.29, 0.717) is 0 Å². The van der Waals surface area contributed by atoms with Crippen molar-refractivity contribution in [3.05, 3.63) is 30.3 Å². The van der Waals surface area contributed by atoms with E-state index in [2.05, 4.69) is 17.1 Å². The van der Waals surface area contributed by atoms with Gasteiger partial charge in [0, 0.05) is 18.8 Å². The predicted octanol–water partition coefficient (Wildman–Crippen LogP) is 2.37. The monoisotopic (exact) mass is 374 g/mol. The van der Waals surface area contributed by atoms with Crippen LogP contribution in [-0.2, 0) is 14.3 Å². The van der Waals surface area contributed by atoms with Crippen molar-refractivity contribution in [2.75, 3.05) is 25.0 Å². The zero-order chi connectivity index (χ0) is 19.3. The number of carbonyl (C=O) groups excluding carboxylic acids is 1. The number of benzene rings is 1. The molecule has 0 aliphatic carbocycles. The van der Waals surface area contributed by atoms with Crippen LogP contribution in [0, 0.1) is 5.92 Å². The second-order valence-electron chi connectivity index (χ2n) is 6.15. The van der Waals surface area contributed by atoms with Crippen LogP contribution in [0.3, 0.4) is 0 Å². The first-order chi connectivity index (χ1) is 12.2. The van der Waals surface area contributed by atoms with Gasteiger partial charge in [-0.05, 0) is 25.1 Å². The van der Waals surface area contributed by atoms with Crippen LogP contribution in [0.25, 0.3) is 0 Å². The summed E-state index contributed by atoms with van der Waals surface area (Å²) in [6, 6.07) is 9.63. The number of likely N-dealkylation sites (tertiary alicyclic amines) is 1. The summed E-state index contributed by atoms with van der Waals surface area (Å²) in [6.07, 6.45) is -3.95. The minimum Gasteiger partial charge on any atom is -0.475 e. The SMILES string of the molecule is CCN1C[C@H]2C[C@H](C(=O)Nc3ccccc3)[C@@H](C1)O2.O=C(O)C(F)(F)F. The maximum absolute atomic E-state index is 12.3. The third-order valence-electron chi connectivity index (χ3n) is 4.30. The van der Waals surface area contributed by atoms with Crippen LogP contribution in [0.2, 0.25) is 0 Å². The van der Waals surface area contributed by atoms with Crippen molar-refractivity contribution in [3.8, 4) is 0 Å². The lowest BCUT2D eigenvalue weighted by Crippen LogP contribution is -2.44. The molecule has 2 aliphatic rings. The molecule has 3 atom stereocenters. The van der Waals surface area contributed by atoms with Gasteiger partial charge in [0.05, 0.1) is 18.1 Å². The third kappa shape index (κ3) is 5.43. The van der Waals surface area contributed by atoms with Crippen LogP contribution in [0.5, 0.6) is 0 Å². The average Bonchev–Trinajstić information content (AvgIpc) is 2.89. The fourth-order valence-electron chi connectivity index (χ4n) is 3.03. The number of aliphatic carboxylic acids is 1. The van der Waals surface area contributed by atoms with Gasteiger partial charge in [0.1, 0.15) is 0 Å². The molecule has 0 unspecified atom stereocenters. The molecule has 2 fully saturated rings. The predicted molar refractivity (Wildman–Crippen MR) is 87.6 cm³/mol. The Morgan fingerprint density at radius 3 is 2.42 bits per heavy atom. The number of fused-ring (bicyclic) bond motifs is 2. The molecular weight excluding hydrogens is 353 g/mol. The van der Waals surface area contributed by atoms with Gasteiger partial charge in [0.25, 0.3) is 0 Å². The van der Waals surface area contributed by atoms with Crippen molar-refractivity contribution >= 4 is 17.6 Å². The molecule has 1 aromatic rings. The largest absolute Gasteiger partial charge is 0.490 e. The van der Waals surface area contributed by atoms with Gasteiger partial charge < -0.3 is 15.2 Å². The summed E-state index contributed by atoms with van der Waals surface area (Å²) in [7, 11) is 0. The quantitative estimate of drug-likeness (QED) is 0.849. The molecule has 3 rings (SSSR count). The van der Waals surface area contributed by atoms with Gasteiger partial charge >= 0.3 is 12.1 Å². The van der Waals surface area contributed by atoms with Crippen LogP contribution < -0.4 is 5.32 Å². The lowest BCUT2D eigenvalue weighted by molar-refractivity contribution is -0.192. The fourth-order valence-corrected chi connectivity index (χ4v) is 3.03. The Balaban J connectivity index is 0.000000298. The Hall–Kier alpha value is -2.13. The molecule has 1 amide bonds. The Morgan fingerprint density at radius 1 is 1.27 bits per heavy atom. The van der Waals surface area contributed by atoms with E-state index in [1.54, 1.807) is 0 Å². The van der Waals surface area contributed by atoms with E-state index in [0.717, 1.165) is 31.7 Å². The van der Waals surface area contributed by atoms with Gasteiger partial charge in [0.2, 0.25) is 5.91 Å². The van der Waals surface area contributed by atoms with Crippen molar-refractivity contribution < 1.29 is 32.6 Å². The van der Waals surface area contributed by atoms with Crippen LogP contribution in [-0.4, -0.2) is 59.9 Å². The molecule has 0 saturated carbocycles. The van der Waals surface area contributed by atoms with Crippen molar-refractivity contribution in [2.24, 2.45) is 5.92 Å². The maximum atomic E-state index is 12.3. The van der Waals surface area contributed by atoms with Crippen LogP contribution in [0.15, 0.2) is 30.3 Å². The molecule has 0 radical (unpaired) electrons. The number of morpholine rings is 1. The minimum absolute atomic E-state index is 0.0123. The van der Waals surface area contributed by atoms with E-state index in [4.69, 9.17) is 14.6 Å². The highest BCUT2D eigenvalue weighted by Gasteiger charge is 2.44. The third-order valence-corrected chi connectivity index (χ3v) is 4.30. The van der Waals surface area contributed by atoms with Crippen LogP contribution in [0.4, 0.5) is 18.9 Å². The van der Waals surface area contributed by atoms with Gasteiger partial charge in [-0.3, -0.25) is 9.69 Å². The van der Waals surface area contributed by atoms with Gasteiger partial charge in [-0.2, -0.15) is 13.2 Å². The Kier molecular flexibility index (Phi) is 6.60. The number of alkyl halides is 3. The van der Waals surface area contributed by atoms with Gasteiger partial charge in [-0.1, -0.05) is 25.1 Å².